The zero-order chi connectivity index (χ0) is 13.8. The molecule has 1 aromatic carbocycles. The highest BCUT2D eigenvalue weighted by molar-refractivity contribution is 7.97. The van der Waals surface area contributed by atoms with Crippen LogP contribution in [0.15, 0.2) is 29.2 Å². The summed E-state index contributed by atoms with van der Waals surface area (Å²) in [6.07, 6.45) is 0. The largest absolute Gasteiger partial charge is 0.340 e. The molecule has 3 nitrogen and oxygen atoms in total. The molecule has 1 saturated heterocycles. The third kappa shape index (κ3) is 3.70. The summed E-state index contributed by atoms with van der Waals surface area (Å²) in [5.74, 6) is 0.0644. The average Bonchev–Trinajstić information content (AvgIpc) is 2.41. The molecule has 0 radical (unpaired) electrons. The van der Waals surface area contributed by atoms with E-state index in [0.29, 0.717) is 4.90 Å². The van der Waals surface area contributed by atoms with Crippen molar-refractivity contribution in [3.63, 3.8) is 0 Å². The second kappa shape index (κ2) is 6.39. The van der Waals surface area contributed by atoms with Gasteiger partial charge < -0.3 is 4.90 Å². The van der Waals surface area contributed by atoms with Crippen LogP contribution in [0.5, 0.6) is 0 Å². The number of carbonyl (C=O) groups is 1. The number of hydrogen-bond donors (Lipinski definition) is 0. The first kappa shape index (κ1) is 14.3. The SMILES string of the molecule is CC(C)C(=O)N1CCN(Sc2ccccc2F)CC1. The molecule has 0 N–H and O–H groups in total. The van der Waals surface area contributed by atoms with Crippen LogP contribution in [-0.4, -0.2) is 41.3 Å². The third-order valence-corrected chi connectivity index (χ3v) is 4.26. The molecule has 1 aromatic rings. The van der Waals surface area contributed by atoms with Crippen molar-refractivity contribution in [2.45, 2.75) is 18.7 Å². The molecule has 0 saturated carbocycles. The highest BCUT2D eigenvalue weighted by atomic mass is 32.2. The first-order chi connectivity index (χ1) is 9.08. The Hall–Kier alpha value is -1.07. The predicted molar refractivity (Wildman–Crippen MR) is 75.2 cm³/mol. The van der Waals surface area contributed by atoms with Crippen LogP contribution in [0.1, 0.15) is 13.8 Å². The minimum absolute atomic E-state index is 0.0470. The second-order valence-corrected chi connectivity index (χ2v) is 6.07. The van der Waals surface area contributed by atoms with Gasteiger partial charge in [-0.1, -0.05) is 26.0 Å². The van der Waals surface area contributed by atoms with E-state index in [0.717, 1.165) is 26.2 Å². The van der Waals surface area contributed by atoms with Gasteiger partial charge in [-0.25, -0.2) is 8.70 Å². The predicted octanol–water partition coefficient (Wildman–Crippen LogP) is 2.63. The van der Waals surface area contributed by atoms with E-state index in [4.69, 9.17) is 0 Å². The lowest BCUT2D eigenvalue weighted by Gasteiger charge is -2.34. The second-order valence-electron chi connectivity index (χ2n) is 4.93. The van der Waals surface area contributed by atoms with Crippen LogP contribution in [0.4, 0.5) is 4.39 Å². The minimum Gasteiger partial charge on any atom is -0.340 e. The van der Waals surface area contributed by atoms with Gasteiger partial charge in [-0.3, -0.25) is 4.79 Å². The Balaban J connectivity index is 1.87. The zero-order valence-electron chi connectivity index (χ0n) is 11.3. The van der Waals surface area contributed by atoms with E-state index in [-0.39, 0.29) is 17.6 Å². The molecule has 0 aliphatic carbocycles. The van der Waals surface area contributed by atoms with Crippen LogP contribution >= 0.6 is 11.9 Å². The maximum absolute atomic E-state index is 13.5. The summed E-state index contributed by atoms with van der Waals surface area (Å²) >= 11 is 1.43. The van der Waals surface area contributed by atoms with E-state index in [2.05, 4.69) is 4.31 Å². The van der Waals surface area contributed by atoms with Crippen molar-refractivity contribution in [3.8, 4) is 0 Å². The van der Waals surface area contributed by atoms with Crippen LogP contribution in [0.25, 0.3) is 0 Å². The van der Waals surface area contributed by atoms with Gasteiger partial charge in [0.05, 0.1) is 4.90 Å². The van der Waals surface area contributed by atoms with E-state index < -0.39 is 0 Å². The molecule has 1 amide bonds. The van der Waals surface area contributed by atoms with Crippen molar-refractivity contribution in [2.75, 3.05) is 26.2 Å². The van der Waals surface area contributed by atoms with Crippen molar-refractivity contribution in [3.05, 3.63) is 30.1 Å². The fourth-order valence-electron chi connectivity index (χ4n) is 2.02. The molecule has 0 aromatic heterocycles. The van der Waals surface area contributed by atoms with Gasteiger partial charge in [0.25, 0.3) is 0 Å². The maximum Gasteiger partial charge on any atom is 0.225 e. The van der Waals surface area contributed by atoms with E-state index in [9.17, 15) is 9.18 Å². The minimum atomic E-state index is -0.187. The van der Waals surface area contributed by atoms with Gasteiger partial charge in [-0.15, -0.1) is 0 Å². The molecular formula is C14H19FN2OS. The van der Waals surface area contributed by atoms with Crippen molar-refractivity contribution in [1.82, 2.24) is 9.21 Å². The first-order valence-corrected chi connectivity index (χ1v) is 7.31. The summed E-state index contributed by atoms with van der Waals surface area (Å²) < 4.78 is 15.7. The van der Waals surface area contributed by atoms with E-state index in [1.165, 1.54) is 18.0 Å². The number of amides is 1. The lowest BCUT2D eigenvalue weighted by molar-refractivity contribution is -0.135. The van der Waals surface area contributed by atoms with Gasteiger partial charge >= 0.3 is 0 Å². The lowest BCUT2D eigenvalue weighted by Crippen LogP contribution is -2.47. The topological polar surface area (TPSA) is 23.6 Å². The first-order valence-electron chi connectivity index (χ1n) is 6.54. The van der Waals surface area contributed by atoms with Gasteiger partial charge in [-0.05, 0) is 24.1 Å². The summed E-state index contributed by atoms with van der Waals surface area (Å²) in [6, 6.07) is 6.79. The molecule has 1 aliphatic rings. The Labute approximate surface area is 117 Å². The molecule has 0 spiro atoms. The molecular weight excluding hydrogens is 263 g/mol. The maximum atomic E-state index is 13.5. The quantitative estimate of drug-likeness (QED) is 0.796. The molecule has 1 aliphatic heterocycles. The fraction of sp³-hybridized carbons (Fsp3) is 0.500. The van der Waals surface area contributed by atoms with E-state index >= 15 is 0 Å². The molecule has 1 heterocycles. The van der Waals surface area contributed by atoms with Gasteiger partial charge in [0.1, 0.15) is 5.82 Å². The van der Waals surface area contributed by atoms with Gasteiger partial charge in [-0.2, -0.15) is 0 Å². The summed E-state index contributed by atoms with van der Waals surface area (Å²) in [5, 5.41) is 0. The average molecular weight is 282 g/mol. The van der Waals surface area contributed by atoms with Crippen LogP contribution in [0, 0.1) is 11.7 Å². The number of hydrogen-bond acceptors (Lipinski definition) is 3. The molecule has 5 heteroatoms. The number of nitrogens with zero attached hydrogens (tertiary/aromatic N) is 2. The van der Waals surface area contributed by atoms with Crippen LogP contribution < -0.4 is 0 Å². The Bertz CT molecular complexity index is 445. The number of piperazine rings is 1. The zero-order valence-corrected chi connectivity index (χ0v) is 12.1. The lowest BCUT2D eigenvalue weighted by atomic mass is 10.2. The Morgan fingerprint density at radius 1 is 1.21 bits per heavy atom. The summed E-state index contributed by atoms with van der Waals surface area (Å²) in [7, 11) is 0. The summed E-state index contributed by atoms with van der Waals surface area (Å²) in [5.41, 5.74) is 0. The van der Waals surface area contributed by atoms with Crippen molar-refractivity contribution in [2.24, 2.45) is 5.92 Å². The molecule has 19 heavy (non-hydrogen) atoms. The number of carbonyl (C=O) groups excluding carboxylic acids is 1. The summed E-state index contributed by atoms with van der Waals surface area (Å²) in [6.45, 7) is 6.83. The summed E-state index contributed by atoms with van der Waals surface area (Å²) in [4.78, 5) is 14.4. The third-order valence-electron chi connectivity index (χ3n) is 3.11. The van der Waals surface area contributed by atoms with Crippen molar-refractivity contribution in [1.29, 1.82) is 0 Å². The molecule has 0 unspecified atom stereocenters. The van der Waals surface area contributed by atoms with Crippen molar-refractivity contribution >= 4 is 17.9 Å². The Kier molecular flexibility index (Phi) is 4.82. The van der Waals surface area contributed by atoms with Gasteiger partial charge in [0.2, 0.25) is 5.91 Å². The highest BCUT2D eigenvalue weighted by Crippen LogP contribution is 2.26. The van der Waals surface area contributed by atoms with Crippen LogP contribution in [0.2, 0.25) is 0 Å². The standard InChI is InChI=1S/C14H19FN2OS/c1-11(2)14(18)16-7-9-17(10-8-16)19-13-6-4-3-5-12(13)15/h3-6,11H,7-10H2,1-2H3. The van der Waals surface area contributed by atoms with Crippen LogP contribution in [-0.2, 0) is 4.79 Å². The van der Waals surface area contributed by atoms with Gasteiger partial charge in [0, 0.05) is 32.1 Å². The molecule has 0 bridgehead atoms. The molecule has 104 valence electrons. The Morgan fingerprint density at radius 3 is 2.42 bits per heavy atom. The highest BCUT2D eigenvalue weighted by Gasteiger charge is 2.23. The monoisotopic (exact) mass is 282 g/mol. The number of rotatable bonds is 3. The van der Waals surface area contributed by atoms with Gasteiger partial charge in [0.15, 0.2) is 0 Å². The van der Waals surface area contributed by atoms with Crippen molar-refractivity contribution < 1.29 is 9.18 Å². The van der Waals surface area contributed by atoms with Crippen LogP contribution in [0.3, 0.4) is 0 Å². The molecule has 1 fully saturated rings. The molecule has 0 atom stereocenters. The normalized spacial score (nSPS) is 16.9. The van der Waals surface area contributed by atoms with E-state index in [1.54, 1.807) is 12.1 Å². The smallest absolute Gasteiger partial charge is 0.225 e. The Morgan fingerprint density at radius 2 is 1.84 bits per heavy atom. The number of halogens is 1. The fourth-order valence-corrected chi connectivity index (χ4v) is 2.94. The van der Waals surface area contributed by atoms with E-state index in [1.807, 2.05) is 24.8 Å². The molecule has 2 rings (SSSR count). The number of benzene rings is 1.